The molecule has 0 aliphatic rings. The van der Waals surface area contributed by atoms with Gasteiger partial charge in [-0.25, -0.2) is 4.39 Å². The van der Waals surface area contributed by atoms with Gasteiger partial charge < -0.3 is 15.4 Å². The molecule has 0 unspecified atom stereocenters. The highest BCUT2D eigenvalue weighted by Gasteiger charge is 2.13. The van der Waals surface area contributed by atoms with Crippen LogP contribution in [0.2, 0.25) is 0 Å². The van der Waals surface area contributed by atoms with E-state index >= 15 is 0 Å². The van der Waals surface area contributed by atoms with Gasteiger partial charge in [-0.05, 0) is 48.9 Å². The van der Waals surface area contributed by atoms with Crippen molar-refractivity contribution in [2.75, 3.05) is 13.7 Å². The third-order valence-corrected chi connectivity index (χ3v) is 4.10. The molecule has 0 saturated carbocycles. The standard InChI is InChI=1S/C18H18BrFN2O3/c1-11(13-5-8-16(25-2)15(20)9-13)22-17(23)10-21-18(24)12-3-6-14(19)7-4-12/h3-9,11H,10H2,1-2H3,(H,21,24)(H,22,23)/t11-/m1/s1. The summed E-state index contributed by atoms with van der Waals surface area (Å²) in [5, 5.41) is 5.25. The first-order chi connectivity index (χ1) is 11.9. The predicted molar refractivity (Wildman–Crippen MR) is 96.0 cm³/mol. The topological polar surface area (TPSA) is 67.4 Å². The van der Waals surface area contributed by atoms with Crippen LogP contribution in [-0.2, 0) is 4.79 Å². The Hall–Kier alpha value is -2.41. The van der Waals surface area contributed by atoms with Crippen LogP contribution in [0.5, 0.6) is 5.75 Å². The number of hydrogen-bond donors (Lipinski definition) is 2. The molecule has 0 aromatic heterocycles. The Morgan fingerprint density at radius 1 is 1.20 bits per heavy atom. The van der Waals surface area contributed by atoms with Gasteiger partial charge in [0.05, 0.1) is 19.7 Å². The molecule has 0 radical (unpaired) electrons. The first kappa shape index (κ1) is 18.9. The second-order valence-electron chi connectivity index (χ2n) is 5.37. The molecule has 0 spiro atoms. The number of carbonyl (C=O) groups is 2. The van der Waals surface area contributed by atoms with Crippen molar-refractivity contribution in [1.29, 1.82) is 0 Å². The van der Waals surface area contributed by atoms with Gasteiger partial charge in [0.25, 0.3) is 5.91 Å². The summed E-state index contributed by atoms with van der Waals surface area (Å²) in [7, 11) is 1.39. The maximum Gasteiger partial charge on any atom is 0.251 e. The van der Waals surface area contributed by atoms with Gasteiger partial charge >= 0.3 is 0 Å². The monoisotopic (exact) mass is 408 g/mol. The molecule has 0 fully saturated rings. The fraction of sp³-hybridized carbons (Fsp3) is 0.222. The molecule has 0 aliphatic carbocycles. The molecular formula is C18H18BrFN2O3. The number of rotatable bonds is 6. The van der Waals surface area contributed by atoms with Gasteiger partial charge in [-0.2, -0.15) is 0 Å². The van der Waals surface area contributed by atoms with E-state index in [0.29, 0.717) is 11.1 Å². The molecule has 25 heavy (non-hydrogen) atoms. The first-order valence-corrected chi connectivity index (χ1v) is 8.36. The quantitative estimate of drug-likeness (QED) is 0.770. The van der Waals surface area contributed by atoms with Crippen molar-refractivity contribution >= 4 is 27.7 Å². The number of carbonyl (C=O) groups excluding carboxylic acids is 2. The summed E-state index contributed by atoms with van der Waals surface area (Å²) in [4.78, 5) is 23.9. The van der Waals surface area contributed by atoms with E-state index in [1.165, 1.54) is 19.2 Å². The summed E-state index contributed by atoms with van der Waals surface area (Å²) in [6, 6.07) is 10.9. The van der Waals surface area contributed by atoms with Gasteiger partial charge in [-0.3, -0.25) is 9.59 Å². The van der Waals surface area contributed by atoms with Crippen LogP contribution in [0.3, 0.4) is 0 Å². The largest absolute Gasteiger partial charge is 0.494 e. The summed E-state index contributed by atoms with van der Waals surface area (Å²) >= 11 is 3.29. The van der Waals surface area contributed by atoms with E-state index in [1.807, 2.05) is 0 Å². The maximum absolute atomic E-state index is 13.7. The van der Waals surface area contributed by atoms with E-state index in [4.69, 9.17) is 4.74 Å². The Kier molecular flexibility index (Phi) is 6.52. The number of benzene rings is 2. The van der Waals surface area contributed by atoms with Gasteiger partial charge in [0.1, 0.15) is 0 Å². The zero-order valence-electron chi connectivity index (χ0n) is 13.8. The summed E-state index contributed by atoms with van der Waals surface area (Å²) in [5.41, 5.74) is 1.06. The van der Waals surface area contributed by atoms with Crippen molar-refractivity contribution in [3.8, 4) is 5.75 Å². The Morgan fingerprint density at radius 2 is 1.88 bits per heavy atom. The lowest BCUT2D eigenvalue weighted by Crippen LogP contribution is -2.38. The molecular weight excluding hydrogens is 391 g/mol. The summed E-state index contributed by atoms with van der Waals surface area (Å²) in [6.45, 7) is 1.56. The Balaban J connectivity index is 1.88. The average Bonchev–Trinajstić information content (AvgIpc) is 2.60. The summed E-state index contributed by atoms with van der Waals surface area (Å²) in [6.07, 6.45) is 0. The van der Waals surface area contributed by atoms with E-state index in [2.05, 4.69) is 26.6 Å². The molecule has 5 nitrogen and oxygen atoms in total. The second kappa shape index (κ2) is 8.62. The molecule has 0 heterocycles. The molecule has 2 rings (SSSR count). The highest BCUT2D eigenvalue weighted by Crippen LogP contribution is 2.21. The molecule has 2 N–H and O–H groups in total. The van der Waals surface area contributed by atoms with Crippen LogP contribution < -0.4 is 15.4 Å². The zero-order chi connectivity index (χ0) is 18.4. The third-order valence-electron chi connectivity index (χ3n) is 3.57. The Morgan fingerprint density at radius 3 is 2.48 bits per heavy atom. The molecule has 132 valence electrons. The number of amides is 2. The van der Waals surface area contributed by atoms with Crippen LogP contribution in [0, 0.1) is 5.82 Å². The Labute approximate surface area is 153 Å². The molecule has 7 heteroatoms. The minimum Gasteiger partial charge on any atom is -0.494 e. The van der Waals surface area contributed by atoms with Crippen LogP contribution >= 0.6 is 15.9 Å². The minimum atomic E-state index is -0.496. The van der Waals surface area contributed by atoms with Gasteiger partial charge in [0.2, 0.25) is 5.91 Å². The number of ether oxygens (including phenoxy) is 1. The summed E-state index contributed by atoms with van der Waals surface area (Å²) in [5.74, 6) is -1.06. The van der Waals surface area contributed by atoms with Crippen molar-refractivity contribution in [3.05, 3.63) is 63.9 Å². The normalized spacial score (nSPS) is 11.5. The third kappa shape index (κ3) is 5.29. The van der Waals surface area contributed by atoms with Gasteiger partial charge in [0.15, 0.2) is 11.6 Å². The Bertz CT molecular complexity index is 765. The van der Waals surface area contributed by atoms with Crippen LogP contribution in [0.1, 0.15) is 28.9 Å². The second-order valence-corrected chi connectivity index (χ2v) is 6.29. The lowest BCUT2D eigenvalue weighted by atomic mass is 10.1. The molecule has 1 atom stereocenters. The number of nitrogens with one attached hydrogen (secondary N) is 2. The van der Waals surface area contributed by atoms with E-state index in [1.54, 1.807) is 37.3 Å². The zero-order valence-corrected chi connectivity index (χ0v) is 15.4. The predicted octanol–water partition coefficient (Wildman–Crippen LogP) is 3.20. The fourth-order valence-corrected chi connectivity index (χ4v) is 2.46. The maximum atomic E-state index is 13.7. The van der Waals surface area contributed by atoms with E-state index in [9.17, 15) is 14.0 Å². The van der Waals surface area contributed by atoms with Crippen molar-refractivity contribution in [3.63, 3.8) is 0 Å². The van der Waals surface area contributed by atoms with Crippen molar-refractivity contribution in [2.45, 2.75) is 13.0 Å². The molecule has 0 bridgehead atoms. The highest BCUT2D eigenvalue weighted by molar-refractivity contribution is 9.10. The minimum absolute atomic E-state index is 0.143. The van der Waals surface area contributed by atoms with E-state index < -0.39 is 11.9 Å². The highest BCUT2D eigenvalue weighted by atomic mass is 79.9. The number of halogens is 2. The lowest BCUT2D eigenvalue weighted by Gasteiger charge is -2.15. The van der Waals surface area contributed by atoms with Crippen LogP contribution in [0.15, 0.2) is 46.9 Å². The van der Waals surface area contributed by atoms with Crippen molar-refractivity contribution < 1.29 is 18.7 Å². The fourth-order valence-electron chi connectivity index (χ4n) is 2.19. The lowest BCUT2D eigenvalue weighted by molar-refractivity contribution is -0.120. The van der Waals surface area contributed by atoms with E-state index in [-0.39, 0.29) is 24.1 Å². The number of methoxy groups -OCH3 is 1. The van der Waals surface area contributed by atoms with Crippen LogP contribution in [-0.4, -0.2) is 25.5 Å². The summed E-state index contributed by atoms with van der Waals surface area (Å²) < 4.78 is 19.4. The average molecular weight is 409 g/mol. The SMILES string of the molecule is COc1ccc([C@@H](C)NC(=O)CNC(=O)c2ccc(Br)cc2)cc1F. The van der Waals surface area contributed by atoms with Gasteiger partial charge in [-0.15, -0.1) is 0 Å². The molecule has 2 aromatic rings. The van der Waals surface area contributed by atoms with Gasteiger partial charge in [0, 0.05) is 10.0 Å². The van der Waals surface area contributed by atoms with Crippen molar-refractivity contribution in [1.82, 2.24) is 10.6 Å². The van der Waals surface area contributed by atoms with Crippen molar-refractivity contribution in [2.24, 2.45) is 0 Å². The van der Waals surface area contributed by atoms with E-state index in [0.717, 1.165) is 4.47 Å². The molecule has 2 aromatic carbocycles. The van der Waals surface area contributed by atoms with Crippen LogP contribution in [0.4, 0.5) is 4.39 Å². The first-order valence-electron chi connectivity index (χ1n) is 7.57. The smallest absolute Gasteiger partial charge is 0.251 e. The van der Waals surface area contributed by atoms with Crippen LogP contribution in [0.25, 0.3) is 0 Å². The van der Waals surface area contributed by atoms with Gasteiger partial charge in [-0.1, -0.05) is 22.0 Å². The molecule has 2 amide bonds. The molecule has 0 saturated heterocycles. The number of hydrogen-bond acceptors (Lipinski definition) is 3. The molecule has 0 aliphatic heterocycles.